The van der Waals surface area contributed by atoms with Crippen LogP contribution < -0.4 is 10.6 Å². The summed E-state index contributed by atoms with van der Waals surface area (Å²) in [7, 11) is 0. The van der Waals surface area contributed by atoms with Gasteiger partial charge in [-0.2, -0.15) is 0 Å². The van der Waals surface area contributed by atoms with E-state index in [2.05, 4.69) is 15.2 Å². The molecule has 2 aliphatic rings. The molecule has 2 fully saturated rings. The van der Waals surface area contributed by atoms with Gasteiger partial charge in [-0.1, -0.05) is 0 Å². The fourth-order valence-electron chi connectivity index (χ4n) is 3.02. The van der Waals surface area contributed by atoms with E-state index in [4.69, 9.17) is 0 Å². The van der Waals surface area contributed by atoms with Crippen LogP contribution in [0.2, 0.25) is 0 Å². The first-order chi connectivity index (χ1) is 9.34. The Morgan fingerprint density at radius 3 is 2.95 bits per heavy atom. The highest BCUT2D eigenvalue weighted by molar-refractivity contribution is 5.92. The lowest BCUT2D eigenvalue weighted by atomic mass is 9.93. The van der Waals surface area contributed by atoms with Crippen LogP contribution in [0.3, 0.4) is 0 Å². The molecule has 2 heterocycles. The number of rotatable bonds is 5. The lowest BCUT2D eigenvalue weighted by Crippen LogP contribution is -2.32. The Morgan fingerprint density at radius 2 is 2.26 bits per heavy atom. The van der Waals surface area contributed by atoms with Crippen molar-refractivity contribution in [3.8, 4) is 0 Å². The summed E-state index contributed by atoms with van der Waals surface area (Å²) in [5.41, 5.74) is 0.823. The summed E-state index contributed by atoms with van der Waals surface area (Å²) >= 11 is 0. The van der Waals surface area contributed by atoms with Gasteiger partial charge in [0.25, 0.3) is 5.91 Å². The van der Waals surface area contributed by atoms with Crippen LogP contribution in [0.1, 0.15) is 55.1 Å². The fraction of sp³-hybridized carbons (Fsp3) is 0.667. The molecule has 1 amide bonds. The number of amides is 1. The average molecular weight is 261 g/mol. The molecule has 0 aromatic carbocycles. The molecule has 1 aliphatic heterocycles. The van der Waals surface area contributed by atoms with Crippen molar-refractivity contribution in [2.75, 3.05) is 13.1 Å². The van der Waals surface area contributed by atoms with E-state index in [1.807, 2.05) is 18.3 Å². The highest BCUT2D eigenvalue weighted by Crippen LogP contribution is 2.32. The summed E-state index contributed by atoms with van der Waals surface area (Å²) in [6.07, 6.45) is 9.30. The molecule has 0 unspecified atom stereocenters. The van der Waals surface area contributed by atoms with Gasteiger partial charge in [0.15, 0.2) is 0 Å². The molecule has 1 aliphatic carbocycles. The van der Waals surface area contributed by atoms with Crippen LogP contribution in [-0.2, 0) is 0 Å². The van der Waals surface area contributed by atoms with Crippen molar-refractivity contribution in [2.45, 2.75) is 50.6 Å². The zero-order valence-electron chi connectivity index (χ0n) is 11.4. The Kier molecular flexibility index (Phi) is 3.87. The number of carbonyl (C=O) groups is 1. The lowest BCUT2D eigenvalue weighted by Gasteiger charge is -2.28. The largest absolute Gasteiger partial charge is 0.351 e. The highest BCUT2D eigenvalue weighted by Gasteiger charge is 2.23. The standard InChI is InChI=1S/C15H23N3O/c19-15(17-10-8-12-4-2-9-16-12)14-7-3-11-18(14)13-5-1-6-13/h3,7,11-13,16H,1-2,4-6,8-10H2,(H,17,19)/t12-/m0/s1. The van der Waals surface area contributed by atoms with Crippen molar-refractivity contribution in [1.82, 2.24) is 15.2 Å². The van der Waals surface area contributed by atoms with Gasteiger partial charge in [0.1, 0.15) is 5.69 Å². The van der Waals surface area contributed by atoms with E-state index < -0.39 is 0 Å². The van der Waals surface area contributed by atoms with Gasteiger partial charge in [-0.15, -0.1) is 0 Å². The van der Waals surface area contributed by atoms with Crippen molar-refractivity contribution < 1.29 is 4.79 Å². The Balaban J connectivity index is 1.50. The van der Waals surface area contributed by atoms with Gasteiger partial charge in [-0.25, -0.2) is 0 Å². The quantitative estimate of drug-likeness (QED) is 0.852. The molecule has 0 spiro atoms. The first-order valence-electron chi connectivity index (χ1n) is 7.53. The molecule has 104 valence electrons. The number of nitrogens with zero attached hydrogens (tertiary/aromatic N) is 1. The normalized spacial score (nSPS) is 23.3. The zero-order valence-corrected chi connectivity index (χ0v) is 11.4. The van der Waals surface area contributed by atoms with E-state index in [0.29, 0.717) is 12.1 Å². The van der Waals surface area contributed by atoms with Crippen molar-refractivity contribution in [2.24, 2.45) is 0 Å². The molecular formula is C15H23N3O. The number of hydrogen-bond acceptors (Lipinski definition) is 2. The number of carbonyl (C=O) groups excluding carboxylic acids is 1. The van der Waals surface area contributed by atoms with E-state index in [9.17, 15) is 4.79 Å². The van der Waals surface area contributed by atoms with E-state index in [1.54, 1.807) is 0 Å². The summed E-state index contributed by atoms with van der Waals surface area (Å²) in [6, 6.07) is 5.05. The molecule has 1 aromatic heterocycles. The van der Waals surface area contributed by atoms with Crippen molar-refractivity contribution in [1.29, 1.82) is 0 Å². The average Bonchev–Trinajstić information content (AvgIpc) is 2.97. The van der Waals surface area contributed by atoms with Crippen molar-refractivity contribution in [3.63, 3.8) is 0 Å². The second-order valence-electron chi connectivity index (χ2n) is 5.72. The zero-order chi connectivity index (χ0) is 13.1. The van der Waals surface area contributed by atoms with Crippen LogP contribution in [0.5, 0.6) is 0 Å². The third-order valence-electron chi connectivity index (χ3n) is 4.42. The maximum Gasteiger partial charge on any atom is 0.267 e. The molecule has 1 aromatic rings. The minimum Gasteiger partial charge on any atom is -0.351 e. The summed E-state index contributed by atoms with van der Waals surface area (Å²) in [4.78, 5) is 12.2. The van der Waals surface area contributed by atoms with E-state index in [1.165, 1.54) is 32.1 Å². The minimum absolute atomic E-state index is 0.0786. The Morgan fingerprint density at radius 1 is 1.37 bits per heavy atom. The van der Waals surface area contributed by atoms with Crippen LogP contribution in [0.4, 0.5) is 0 Å². The minimum atomic E-state index is 0.0786. The smallest absolute Gasteiger partial charge is 0.267 e. The summed E-state index contributed by atoms with van der Waals surface area (Å²) in [5.74, 6) is 0.0786. The Labute approximate surface area is 114 Å². The Bertz CT molecular complexity index is 430. The molecule has 19 heavy (non-hydrogen) atoms. The van der Waals surface area contributed by atoms with Crippen molar-refractivity contribution in [3.05, 3.63) is 24.0 Å². The first-order valence-corrected chi connectivity index (χ1v) is 7.53. The first kappa shape index (κ1) is 12.7. The molecule has 4 heteroatoms. The second kappa shape index (κ2) is 5.78. The maximum atomic E-state index is 12.2. The van der Waals surface area contributed by atoms with Gasteiger partial charge in [-0.05, 0) is 57.2 Å². The number of aromatic nitrogens is 1. The van der Waals surface area contributed by atoms with Crippen LogP contribution >= 0.6 is 0 Å². The molecule has 0 radical (unpaired) electrons. The molecular weight excluding hydrogens is 238 g/mol. The maximum absolute atomic E-state index is 12.2. The number of hydrogen-bond donors (Lipinski definition) is 2. The molecule has 1 saturated carbocycles. The topological polar surface area (TPSA) is 46.1 Å². The SMILES string of the molecule is O=C(NCC[C@@H]1CCCN1)c1cccn1C1CCC1. The van der Waals surface area contributed by atoms with E-state index in [-0.39, 0.29) is 5.91 Å². The summed E-state index contributed by atoms with van der Waals surface area (Å²) in [5, 5.41) is 6.51. The molecule has 3 rings (SSSR count). The van der Waals surface area contributed by atoms with E-state index >= 15 is 0 Å². The summed E-state index contributed by atoms with van der Waals surface area (Å²) in [6.45, 7) is 1.90. The highest BCUT2D eigenvalue weighted by atomic mass is 16.1. The Hall–Kier alpha value is -1.29. The molecule has 1 saturated heterocycles. The van der Waals surface area contributed by atoms with Crippen LogP contribution in [0.15, 0.2) is 18.3 Å². The summed E-state index contributed by atoms with van der Waals surface area (Å²) < 4.78 is 2.15. The van der Waals surface area contributed by atoms with Gasteiger partial charge in [0, 0.05) is 24.8 Å². The second-order valence-corrected chi connectivity index (χ2v) is 5.72. The van der Waals surface area contributed by atoms with Gasteiger partial charge < -0.3 is 15.2 Å². The molecule has 4 nitrogen and oxygen atoms in total. The lowest BCUT2D eigenvalue weighted by molar-refractivity contribution is 0.0937. The third kappa shape index (κ3) is 2.84. The van der Waals surface area contributed by atoms with Crippen LogP contribution in [0, 0.1) is 0 Å². The predicted molar refractivity (Wildman–Crippen MR) is 75.3 cm³/mol. The number of nitrogens with one attached hydrogen (secondary N) is 2. The molecule has 0 bridgehead atoms. The van der Waals surface area contributed by atoms with Gasteiger partial charge in [0.05, 0.1) is 0 Å². The van der Waals surface area contributed by atoms with Gasteiger partial charge in [0.2, 0.25) is 0 Å². The van der Waals surface area contributed by atoms with Crippen molar-refractivity contribution >= 4 is 5.91 Å². The van der Waals surface area contributed by atoms with Crippen LogP contribution in [-0.4, -0.2) is 29.6 Å². The molecule has 2 N–H and O–H groups in total. The third-order valence-corrected chi connectivity index (χ3v) is 4.42. The van der Waals surface area contributed by atoms with E-state index in [0.717, 1.165) is 25.2 Å². The van der Waals surface area contributed by atoms with Crippen LogP contribution in [0.25, 0.3) is 0 Å². The molecule has 1 atom stereocenters. The monoisotopic (exact) mass is 261 g/mol. The fourth-order valence-corrected chi connectivity index (χ4v) is 3.02. The van der Waals surface area contributed by atoms with Gasteiger partial charge in [-0.3, -0.25) is 4.79 Å². The van der Waals surface area contributed by atoms with Gasteiger partial charge >= 0.3 is 0 Å². The predicted octanol–water partition coefficient (Wildman–Crippen LogP) is 2.08.